The summed E-state index contributed by atoms with van der Waals surface area (Å²) < 4.78 is 0. The van der Waals surface area contributed by atoms with E-state index >= 15 is 0 Å². The molecule has 2 atom stereocenters. The molecule has 15 heavy (non-hydrogen) atoms. The van der Waals surface area contributed by atoms with E-state index in [-0.39, 0.29) is 5.69 Å². The van der Waals surface area contributed by atoms with E-state index in [1.165, 1.54) is 30.6 Å². The Kier molecular flexibility index (Phi) is 1.95. The molecule has 1 saturated heterocycles. The molecule has 1 aromatic rings. The zero-order chi connectivity index (χ0) is 10.4. The summed E-state index contributed by atoms with van der Waals surface area (Å²) >= 11 is 1.45. The van der Waals surface area contributed by atoms with Crippen molar-refractivity contribution in [2.45, 2.75) is 25.3 Å². The fraction of sp³-hybridized carbons (Fsp3) is 0.600. The predicted octanol–water partition coefficient (Wildman–Crippen LogP) is 1.83. The molecule has 2 aliphatic rings. The highest BCUT2D eigenvalue weighted by Gasteiger charge is 2.39. The molecule has 80 valence electrons. The molecule has 2 fully saturated rings. The number of carboxylic acids is 1. The Labute approximate surface area is 91.5 Å². The zero-order valence-electron chi connectivity index (χ0n) is 8.22. The third kappa shape index (κ3) is 1.42. The van der Waals surface area contributed by atoms with Crippen LogP contribution in [-0.4, -0.2) is 28.6 Å². The van der Waals surface area contributed by atoms with Crippen molar-refractivity contribution in [3.05, 3.63) is 11.1 Å². The van der Waals surface area contributed by atoms with Gasteiger partial charge in [-0.05, 0) is 25.2 Å². The Morgan fingerprint density at radius 3 is 3.00 bits per heavy atom. The highest BCUT2D eigenvalue weighted by Crippen LogP contribution is 2.40. The quantitative estimate of drug-likeness (QED) is 0.832. The fourth-order valence-corrected chi connectivity index (χ4v) is 3.53. The minimum Gasteiger partial charge on any atom is -0.476 e. The van der Waals surface area contributed by atoms with Crippen molar-refractivity contribution in [2.24, 2.45) is 5.92 Å². The number of anilines is 1. The van der Waals surface area contributed by atoms with E-state index in [9.17, 15) is 4.79 Å². The molecular weight excluding hydrogens is 212 g/mol. The van der Waals surface area contributed by atoms with Crippen LogP contribution in [0.25, 0.3) is 0 Å². The smallest absolute Gasteiger partial charge is 0.355 e. The first-order valence-corrected chi connectivity index (χ1v) is 6.07. The van der Waals surface area contributed by atoms with Crippen molar-refractivity contribution in [1.82, 2.24) is 4.98 Å². The van der Waals surface area contributed by atoms with Crippen molar-refractivity contribution in [2.75, 3.05) is 11.4 Å². The number of rotatable bonds is 2. The molecule has 1 N–H and O–H groups in total. The average Bonchev–Trinajstić information content (AvgIpc) is 2.93. The number of piperidine rings is 1. The molecule has 3 rings (SSSR count). The van der Waals surface area contributed by atoms with Gasteiger partial charge in [0.2, 0.25) is 0 Å². The molecule has 2 heterocycles. The summed E-state index contributed by atoms with van der Waals surface area (Å²) in [5, 5.41) is 11.3. The largest absolute Gasteiger partial charge is 0.476 e. The minimum absolute atomic E-state index is 0.178. The number of fused-ring (bicyclic) bond motifs is 2. The van der Waals surface area contributed by atoms with E-state index in [1.54, 1.807) is 5.38 Å². The third-order valence-corrected chi connectivity index (χ3v) is 4.24. The lowest BCUT2D eigenvalue weighted by atomic mass is 10.1. The molecular formula is C10H12N2O2S. The number of hydrogen-bond donors (Lipinski definition) is 1. The number of carboxylic acid groups (broad SMARTS) is 1. The maximum atomic E-state index is 10.7. The Morgan fingerprint density at radius 2 is 2.47 bits per heavy atom. The van der Waals surface area contributed by atoms with Gasteiger partial charge in [0.1, 0.15) is 0 Å². The van der Waals surface area contributed by atoms with Crippen molar-refractivity contribution in [1.29, 1.82) is 0 Å². The standard InChI is InChI=1S/C10H12N2O2S/c13-9(14)8-5-15-10(11-8)12-4-6-1-2-7(12)3-6/h5-7H,1-4H2,(H,13,14). The van der Waals surface area contributed by atoms with Crippen molar-refractivity contribution in [3.63, 3.8) is 0 Å². The Hall–Kier alpha value is -1.10. The van der Waals surface area contributed by atoms with Gasteiger partial charge in [-0.1, -0.05) is 0 Å². The van der Waals surface area contributed by atoms with Crippen LogP contribution in [0.2, 0.25) is 0 Å². The molecule has 2 bridgehead atoms. The Morgan fingerprint density at radius 1 is 1.60 bits per heavy atom. The minimum atomic E-state index is -0.929. The maximum absolute atomic E-state index is 10.7. The first-order valence-electron chi connectivity index (χ1n) is 5.19. The van der Waals surface area contributed by atoms with Gasteiger partial charge in [0.15, 0.2) is 10.8 Å². The van der Waals surface area contributed by atoms with E-state index in [0.29, 0.717) is 6.04 Å². The summed E-state index contributed by atoms with van der Waals surface area (Å²) in [5.41, 5.74) is 0.178. The highest BCUT2D eigenvalue weighted by atomic mass is 32.1. The maximum Gasteiger partial charge on any atom is 0.355 e. The molecule has 0 spiro atoms. The van der Waals surface area contributed by atoms with E-state index in [2.05, 4.69) is 9.88 Å². The predicted molar refractivity (Wildman–Crippen MR) is 57.5 cm³/mol. The molecule has 4 nitrogen and oxygen atoms in total. The van der Waals surface area contributed by atoms with E-state index in [1.807, 2.05) is 0 Å². The van der Waals surface area contributed by atoms with Gasteiger partial charge < -0.3 is 10.0 Å². The van der Waals surface area contributed by atoms with E-state index in [4.69, 9.17) is 5.11 Å². The van der Waals surface area contributed by atoms with Gasteiger partial charge in [-0.2, -0.15) is 0 Å². The van der Waals surface area contributed by atoms with Gasteiger partial charge in [0.25, 0.3) is 0 Å². The molecule has 1 saturated carbocycles. The van der Waals surface area contributed by atoms with Gasteiger partial charge >= 0.3 is 5.97 Å². The van der Waals surface area contributed by atoms with Crippen LogP contribution in [0.15, 0.2) is 5.38 Å². The average molecular weight is 224 g/mol. The number of nitrogens with zero attached hydrogens (tertiary/aromatic N) is 2. The topological polar surface area (TPSA) is 53.4 Å². The third-order valence-electron chi connectivity index (χ3n) is 3.37. The van der Waals surface area contributed by atoms with Crippen LogP contribution >= 0.6 is 11.3 Å². The molecule has 5 heteroatoms. The summed E-state index contributed by atoms with van der Waals surface area (Å²) in [6.45, 7) is 1.07. The molecule has 2 unspecified atom stereocenters. The van der Waals surface area contributed by atoms with Crippen LogP contribution in [0, 0.1) is 5.92 Å². The van der Waals surface area contributed by atoms with Gasteiger partial charge in [-0.15, -0.1) is 11.3 Å². The second kappa shape index (κ2) is 3.20. The normalized spacial score (nSPS) is 28.7. The number of aromatic carboxylic acids is 1. The first kappa shape index (κ1) is 9.15. The second-order valence-electron chi connectivity index (χ2n) is 4.31. The van der Waals surface area contributed by atoms with Crippen LogP contribution in [0.3, 0.4) is 0 Å². The number of aromatic nitrogens is 1. The van der Waals surface area contributed by atoms with Crippen LogP contribution < -0.4 is 4.90 Å². The zero-order valence-corrected chi connectivity index (χ0v) is 9.04. The summed E-state index contributed by atoms with van der Waals surface area (Å²) in [6, 6.07) is 0.614. The summed E-state index contributed by atoms with van der Waals surface area (Å²) in [7, 11) is 0. The van der Waals surface area contributed by atoms with Gasteiger partial charge in [0, 0.05) is 18.0 Å². The van der Waals surface area contributed by atoms with Gasteiger partial charge in [-0.25, -0.2) is 9.78 Å². The molecule has 1 aliphatic carbocycles. The van der Waals surface area contributed by atoms with Crippen LogP contribution in [0.4, 0.5) is 5.13 Å². The number of thiazole rings is 1. The SMILES string of the molecule is O=C(O)c1csc(N2CC3CCC2C3)n1. The Balaban J connectivity index is 1.84. The van der Waals surface area contributed by atoms with E-state index < -0.39 is 5.97 Å². The highest BCUT2D eigenvalue weighted by molar-refractivity contribution is 7.13. The molecule has 0 amide bonds. The van der Waals surface area contributed by atoms with Crippen molar-refractivity contribution in [3.8, 4) is 0 Å². The summed E-state index contributed by atoms with van der Waals surface area (Å²) in [6.07, 6.45) is 3.84. The van der Waals surface area contributed by atoms with Crippen LogP contribution in [-0.2, 0) is 0 Å². The summed E-state index contributed by atoms with van der Waals surface area (Å²) in [5.74, 6) is -0.117. The number of carbonyl (C=O) groups is 1. The molecule has 0 aromatic carbocycles. The van der Waals surface area contributed by atoms with Crippen LogP contribution in [0.1, 0.15) is 29.8 Å². The van der Waals surface area contributed by atoms with Gasteiger partial charge in [0.05, 0.1) is 0 Å². The summed E-state index contributed by atoms with van der Waals surface area (Å²) in [4.78, 5) is 17.2. The number of hydrogen-bond acceptors (Lipinski definition) is 4. The molecule has 1 aliphatic heterocycles. The lowest BCUT2D eigenvalue weighted by Gasteiger charge is -2.26. The molecule has 0 radical (unpaired) electrons. The van der Waals surface area contributed by atoms with E-state index in [0.717, 1.165) is 17.6 Å². The Bertz CT molecular complexity index is 404. The first-order chi connectivity index (χ1) is 7.24. The fourth-order valence-electron chi connectivity index (χ4n) is 2.65. The second-order valence-corrected chi connectivity index (χ2v) is 5.14. The van der Waals surface area contributed by atoms with Crippen molar-refractivity contribution >= 4 is 22.4 Å². The van der Waals surface area contributed by atoms with Crippen molar-refractivity contribution < 1.29 is 9.90 Å². The monoisotopic (exact) mass is 224 g/mol. The van der Waals surface area contributed by atoms with Crippen LogP contribution in [0.5, 0.6) is 0 Å². The lowest BCUT2D eigenvalue weighted by molar-refractivity contribution is 0.0691. The van der Waals surface area contributed by atoms with Gasteiger partial charge in [-0.3, -0.25) is 0 Å². The molecule has 1 aromatic heterocycles. The lowest BCUT2D eigenvalue weighted by Crippen LogP contribution is -2.31.